The van der Waals surface area contributed by atoms with E-state index in [0.717, 1.165) is 57.2 Å². The molecule has 3 heterocycles. The Morgan fingerprint density at radius 3 is 2.59 bits per heavy atom. The Hall–Kier alpha value is -2.38. The molecule has 5 rings (SSSR count). The van der Waals surface area contributed by atoms with Crippen LogP contribution in [0.1, 0.15) is 35.2 Å². The van der Waals surface area contributed by atoms with Gasteiger partial charge in [0.25, 0.3) is 5.91 Å². The number of hydrogen-bond donors (Lipinski definition) is 1. The summed E-state index contributed by atoms with van der Waals surface area (Å²) in [4.78, 5) is 22.4. The van der Waals surface area contributed by atoms with Crippen molar-refractivity contribution in [2.24, 2.45) is 11.8 Å². The zero-order valence-corrected chi connectivity index (χ0v) is 22.6. The van der Waals surface area contributed by atoms with Crippen molar-refractivity contribution in [1.29, 1.82) is 0 Å². The first kappa shape index (κ1) is 26.2. The molecule has 2 atom stereocenters. The predicted molar refractivity (Wildman–Crippen MR) is 148 cm³/mol. The number of pyridine rings is 1. The normalized spacial score (nSPS) is 21.4. The highest BCUT2D eigenvalue weighted by Gasteiger charge is 2.34. The average Bonchev–Trinajstić information content (AvgIpc) is 2.94. The van der Waals surface area contributed by atoms with Crippen LogP contribution in [0.2, 0.25) is 10.0 Å². The number of aliphatic hydroxyl groups excluding tert-OH is 1. The molecule has 0 bridgehead atoms. The second-order valence-corrected chi connectivity index (χ2v) is 11.0. The van der Waals surface area contributed by atoms with Crippen molar-refractivity contribution < 1.29 is 14.6 Å². The minimum atomic E-state index is 0.0488. The maximum Gasteiger partial charge on any atom is 0.254 e. The summed E-state index contributed by atoms with van der Waals surface area (Å²) >= 11 is 12.3. The molecule has 2 fully saturated rings. The number of ether oxygens (including phenoxy) is 1. The number of methoxy groups -OCH3 is 1. The lowest BCUT2D eigenvalue weighted by Crippen LogP contribution is -2.52. The van der Waals surface area contributed by atoms with E-state index in [1.807, 2.05) is 47.4 Å². The Labute approximate surface area is 228 Å². The number of aliphatic hydroxyl groups is 1. The van der Waals surface area contributed by atoms with E-state index in [0.29, 0.717) is 38.8 Å². The maximum atomic E-state index is 13.4. The highest BCUT2D eigenvalue weighted by atomic mass is 35.5. The number of aromatic nitrogens is 1. The minimum absolute atomic E-state index is 0.0488. The number of carbonyl (C=O) groups is 1. The van der Waals surface area contributed by atoms with Gasteiger partial charge in [0.1, 0.15) is 11.3 Å². The van der Waals surface area contributed by atoms with Gasteiger partial charge in [0, 0.05) is 49.4 Å². The van der Waals surface area contributed by atoms with Gasteiger partial charge in [0.05, 0.1) is 17.2 Å². The third-order valence-corrected chi connectivity index (χ3v) is 8.83. The van der Waals surface area contributed by atoms with E-state index < -0.39 is 0 Å². The van der Waals surface area contributed by atoms with E-state index in [2.05, 4.69) is 9.88 Å². The second kappa shape index (κ2) is 11.6. The first-order valence-electron chi connectivity index (χ1n) is 13.0. The fraction of sp³-hybridized carbons (Fsp3) is 0.448. The molecule has 2 aliphatic rings. The number of amides is 1. The molecular weight excluding hydrogens is 509 g/mol. The van der Waals surface area contributed by atoms with Crippen molar-refractivity contribution in [1.82, 2.24) is 14.8 Å². The molecule has 1 amide bonds. The number of halogens is 2. The fourth-order valence-corrected chi connectivity index (χ4v) is 6.31. The molecular formula is C29H33Cl2N3O3. The Morgan fingerprint density at radius 1 is 1.05 bits per heavy atom. The van der Waals surface area contributed by atoms with Gasteiger partial charge < -0.3 is 14.7 Å². The van der Waals surface area contributed by atoms with Crippen LogP contribution >= 0.6 is 23.2 Å². The lowest BCUT2D eigenvalue weighted by molar-refractivity contribution is 0.0242. The molecule has 0 unspecified atom stereocenters. The summed E-state index contributed by atoms with van der Waals surface area (Å²) in [5.74, 6) is 1.36. The number of rotatable bonds is 6. The number of piperidine rings is 2. The first-order valence-corrected chi connectivity index (χ1v) is 13.7. The van der Waals surface area contributed by atoms with E-state index in [-0.39, 0.29) is 18.4 Å². The highest BCUT2D eigenvalue weighted by Crippen LogP contribution is 2.33. The van der Waals surface area contributed by atoms with Crippen LogP contribution in [0.4, 0.5) is 0 Å². The van der Waals surface area contributed by atoms with Gasteiger partial charge >= 0.3 is 0 Å². The quantitative estimate of drug-likeness (QED) is 0.457. The molecule has 2 aromatic carbocycles. The molecule has 1 N–H and O–H groups in total. The Morgan fingerprint density at radius 2 is 1.86 bits per heavy atom. The summed E-state index contributed by atoms with van der Waals surface area (Å²) in [6.07, 6.45) is 5.53. The van der Waals surface area contributed by atoms with Crippen LogP contribution in [0, 0.1) is 11.8 Å². The second-order valence-electron chi connectivity index (χ2n) is 10.2. The highest BCUT2D eigenvalue weighted by molar-refractivity contribution is 6.42. The van der Waals surface area contributed by atoms with E-state index in [1.54, 1.807) is 13.3 Å². The van der Waals surface area contributed by atoms with Crippen molar-refractivity contribution in [3.8, 4) is 5.75 Å². The summed E-state index contributed by atoms with van der Waals surface area (Å²) in [7, 11) is 1.62. The monoisotopic (exact) mass is 541 g/mol. The van der Waals surface area contributed by atoms with Crippen LogP contribution in [0.3, 0.4) is 0 Å². The molecule has 0 spiro atoms. The van der Waals surface area contributed by atoms with E-state index >= 15 is 0 Å². The van der Waals surface area contributed by atoms with Gasteiger partial charge in [0.15, 0.2) is 0 Å². The summed E-state index contributed by atoms with van der Waals surface area (Å²) in [6, 6.07) is 13.7. The Bertz CT molecular complexity index is 1260. The topological polar surface area (TPSA) is 65.9 Å². The minimum Gasteiger partial charge on any atom is -0.494 e. The maximum absolute atomic E-state index is 13.4. The van der Waals surface area contributed by atoms with Gasteiger partial charge in [-0.25, -0.2) is 0 Å². The Balaban J connectivity index is 1.20. The van der Waals surface area contributed by atoms with Gasteiger partial charge in [-0.15, -0.1) is 0 Å². The number of fused-ring (bicyclic) bond motifs is 1. The fourth-order valence-electron chi connectivity index (χ4n) is 5.99. The zero-order valence-electron chi connectivity index (χ0n) is 21.1. The summed E-state index contributed by atoms with van der Waals surface area (Å²) in [5.41, 5.74) is 2.55. The Kier molecular flexibility index (Phi) is 8.20. The van der Waals surface area contributed by atoms with Crippen molar-refractivity contribution in [3.05, 3.63) is 69.8 Å². The van der Waals surface area contributed by atoms with Gasteiger partial charge in [-0.05, 0) is 80.0 Å². The standard InChI is InChI=1S/C29H33Cl2N3O3/c1-37-27-7-5-24(23-3-2-11-32-28(23)27)29(36)33-13-9-22(10-14-33)34-12-8-20(21(17-34)18-35)15-19-4-6-25(30)26(31)16-19/h2-7,11,16,20-22,35H,8-10,12-15,17-18H2,1H3/t20-,21+/m1/s1. The SMILES string of the molecule is COc1ccc(C(=O)N2CCC(N3CC[C@H](Cc4ccc(Cl)c(Cl)c4)[C@H](CO)C3)CC2)c2cccnc12. The van der Waals surface area contributed by atoms with Crippen molar-refractivity contribution in [2.75, 3.05) is 39.9 Å². The number of carbonyl (C=O) groups excluding carboxylic acids is 1. The number of likely N-dealkylation sites (tertiary alicyclic amines) is 2. The molecule has 196 valence electrons. The molecule has 1 aromatic heterocycles. The van der Waals surface area contributed by atoms with Crippen molar-refractivity contribution >= 4 is 40.0 Å². The zero-order chi connectivity index (χ0) is 25.9. The summed E-state index contributed by atoms with van der Waals surface area (Å²) < 4.78 is 5.44. The number of hydrogen-bond acceptors (Lipinski definition) is 5. The molecule has 2 saturated heterocycles. The lowest BCUT2D eigenvalue weighted by atomic mass is 9.80. The van der Waals surface area contributed by atoms with Gasteiger partial charge in [0.2, 0.25) is 0 Å². The predicted octanol–water partition coefficient (Wildman–Crippen LogP) is 5.33. The molecule has 0 saturated carbocycles. The van der Waals surface area contributed by atoms with Crippen molar-refractivity contribution in [2.45, 2.75) is 31.7 Å². The van der Waals surface area contributed by atoms with Gasteiger partial charge in [-0.1, -0.05) is 35.3 Å². The van der Waals surface area contributed by atoms with Crippen LogP contribution in [0.15, 0.2) is 48.7 Å². The van der Waals surface area contributed by atoms with Crippen molar-refractivity contribution in [3.63, 3.8) is 0 Å². The van der Waals surface area contributed by atoms with Crippen LogP contribution in [-0.2, 0) is 6.42 Å². The molecule has 0 aliphatic carbocycles. The largest absolute Gasteiger partial charge is 0.494 e. The van der Waals surface area contributed by atoms with Crippen LogP contribution in [0.5, 0.6) is 5.75 Å². The smallest absolute Gasteiger partial charge is 0.254 e. The summed E-state index contributed by atoms with van der Waals surface area (Å²) in [5, 5.41) is 12.2. The molecule has 2 aliphatic heterocycles. The van der Waals surface area contributed by atoms with E-state index in [1.165, 1.54) is 5.56 Å². The van der Waals surface area contributed by atoms with Crippen LogP contribution in [-0.4, -0.2) is 71.7 Å². The lowest BCUT2D eigenvalue weighted by Gasteiger charge is -2.44. The summed E-state index contributed by atoms with van der Waals surface area (Å²) in [6.45, 7) is 3.53. The van der Waals surface area contributed by atoms with Gasteiger partial charge in [-0.2, -0.15) is 0 Å². The van der Waals surface area contributed by atoms with E-state index in [4.69, 9.17) is 27.9 Å². The molecule has 37 heavy (non-hydrogen) atoms. The molecule has 8 heteroatoms. The van der Waals surface area contributed by atoms with E-state index in [9.17, 15) is 9.90 Å². The first-order chi connectivity index (χ1) is 18.0. The number of benzene rings is 2. The van der Waals surface area contributed by atoms with Crippen LogP contribution < -0.4 is 4.74 Å². The molecule has 6 nitrogen and oxygen atoms in total. The third kappa shape index (κ3) is 5.58. The third-order valence-electron chi connectivity index (χ3n) is 8.09. The van der Waals surface area contributed by atoms with Crippen LogP contribution in [0.25, 0.3) is 10.9 Å². The average molecular weight is 543 g/mol. The number of nitrogens with zero attached hydrogens (tertiary/aromatic N) is 3. The van der Waals surface area contributed by atoms with Gasteiger partial charge in [-0.3, -0.25) is 14.7 Å². The molecule has 0 radical (unpaired) electrons. The molecule has 3 aromatic rings.